The van der Waals surface area contributed by atoms with Crippen LogP contribution < -0.4 is 5.32 Å². The molecule has 2 amide bonds. The molecule has 0 radical (unpaired) electrons. The Bertz CT molecular complexity index is 1360. The van der Waals surface area contributed by atoms with Crippen molar-refractivity contribution in [1.29, 1.82) is 0 Å². The standard InChI is InChI=1S/C28H25ClN4O2/c1-3-19-9-11-20(12-10-19)17-33-18(2)24(25(30-28(33)34)21-7-5-4-6-8-21)27-31-26(32-35-27)22-13-15-23(29)16-14-22/h4-16,25H,3,17H2,1-2H3,(H,30,34). The molecule has 5 rings (SSSR count). The zero-order chi connectivity index (χ0) is 24.4. The SMILES string of the molecule is CCc1ccc(CN2C(=O)NC(c3ccccc3)C(c3nc(-c4ccc(Cl)cc4)no3)=C2C)cc1. The van der Waals surface area contributed by atoms with E-state index >= 15 is 0 Å². The Hall–Kier alpha value is -3.90. The Labute approximate surface area is 209 Å². The van der Waals surface area contributed by atoms with Gasteiger partial charge in [-0.1, -0.05) is 78.3 Å². The molecule has 35 heavy (non-hydrogen) atoms. The van der Waals surface area contributed by atoms with Gasteiger partial charge in [-0.05, 0) is 54.3 Å². The molecule has 1 aromatic heterocycles. The third-order valence-electron chi connectivity index (χ3n) is 6.26. The molecule has 4 aromatic rings. The van der Waals surface area contributed by atoms with E-state index in [4.69, 9.17) is 21.1 Å². The fraction of sp³-hybridized carbons (Fsp3) is 0.179. The highest BCUT2D eigenvalue weighted by atomic mass is 35.5. The maximum Gasteiger partial charge on any atom is 0.322 e. The predicted molar refractivity (Wildman–Crippen MR) is 136 cm³/mol. The number of rotatable bonds is 6. The van der Waals surface area contributed by atoms with Crippen molar-refractivity contribution in [2.45, 2.75) is 32.9 Å². The quantitative estimate of drug-likeness (QED) is 0.332. The summed E-state index contributed by atoms with van der Waals surface area (Å²) in [4.78, 5) is 19.7. The molecule has 3 aromatic carbocycles. The number of urea groups is 1. The molecular weight excluding hydrogens is 460 g/mol. The molecule has 1 unspecified atom stereocenters. The minimum absolute atomic E-state index is 0.169. The smallest absolute Gasteiger partial charge is 0.322 e. The van der Waals surface area contributed by atoms with Gasteiger partial charge < -0.3 is 9.84 Å². The van der Waals surface area contributed by atoms with Crippen LogP contribution in [0.25, 0.3) is 17.0 Å². The van der Waals surface area contributed by atoms with Gasteiger partial charge in [-0.15, -0.1) is 0 Å². The number of halogens is 1. The maximum absolute atomic E-state index is 13.3. The van der Waals surface area contributed by atoms with Crippen LogP contribution in [-0.2, 0) is 13.0 Å². The molecule has 1 aliphatic rings. The number of aryl methyl sites for hydroxylation is 1. The van der Waals surface area contributed by atoms with Gasteiger partial charge >= 0.3 is 6.03 Å². The van der Waals surface area contributed by atoms with E-state index in [1.54, 1.807) is 17.0 Å². The molecule has 7 heteroatoms. The number of hydrogen-bond donors (Lipinski definition) is 1. The van der Waals surface area contributed by atoms with Crippen molar-refractivity contribution >= 4 is 23.2 Å². The van der Waals surface area contributed by atoms with Gasteiger partial charge in [0.25, 0.3) is 5.89 Å². The number of hydrogen-bond acceptors (Lipinski definition) is 4. The van der Waals surface area contributed by atoms with Crippen molar-refractivity contribution in [1.82, 2.24) is 20.4 Å². The van der Waals surface area contributed by atoms with Crippen LogP contribution in [-0.4, -0.2) is 21.1 Å². The molecule has 6 nitrogen and oxygen atoms in total. The summed E-state index contributed by atoms with van der Waals surface area (Å²) in [6.45, 7) is 4.49. The molecule has 0 spiro atoms. The lowest BCUT2D eigenvalue weighted by Gasteiger charge is -2.35. The van der Waals surface area contributed by atoms with E-state index in [0.717, 1.165) is 34.4 Å². The zero-order valence-electron chi connectivity index (χ0n) is 19.5. The number of carbonyl (C=O) groups is 1. The molecule has 0 saturated carbocycles. The number of amides is 2. The van der Waals surface area contributed by atoms with Crippen molar-refractivity contribution in [2.24, 2.45) is 0 Å². The summed E-state index contributed by atoms with van der Waals surface area (Å²) in [5.74, 6) is 0.829. The van der Waals surface area contributed by atoms with Gasteiger partial charge in [-0.3, -0.25) is 4.90 Å². The van der Waals surface area contributed by atoms with E-state index in [1.807, 2.05) is 49.4 Å². The van der Waals surface area contributed by atoms with E-state index in [2.05, 4.69) is 41.7 Å². The molecule has 0 bridgehead atoms. The lowest BCUT2D eigenvalue weighted by molar-refractivity contribution is 0.203. The van der Waals surface area contributed by atoms with Crippen molar-refractivity contribution in [3.05, 3.63) is 112 Å². The molecular formula is C28H25ClN4O2. The highest BCUT2D eigenvalue weighted by molar-refractivity contribution is 6.30. The molecule has 2 heterocycles. The Kier molecular flexibility index (Phi) is 6.38. The number of nitrogens with zero attached hydrogens (tertiary/aromatic N) is 3. The minimum atomic E-state index is -0.416. The van der Waals surface area contributed by atoms with E-state index in [-0.39, 0.29) is 6.03 Å². The van der Waals surface area contributed by atoms with Crippen molar-refractivity contribution in [2.75, 3.05) is 0 Å². The number of benzene rings is 3. The summed E-state index contributed by atoms with van der Waals surface area (Å²) in [5.41, 5.74) is 5.58. The number of allylic oxidation sites excluding steroid dienone is 1. The summed E-state index contributed by atoms with van der Waals surface area (Å²) < 4.78 is 5.75. The third-order valence-corrected chi connectivity index (χ3v) is 6.51. The molecule has 176 valence electrons. The summed E-state index contributed by atoms with van der Waals surface area (Å²) in [6, 6.07) is 24.8. The Morgan fingerprint density at radius 1 is 0.971 bits per heavy atom. The van der Waals surface area contributed by atoms with Gasteiger partial charge in [-0.2, -0.15) is 4.98 Å². The van der Waals surface area contributed by atoms with E-state index in [9.17, 15) is 4.79 Å². The topological polar surface area (TPSA) is 71.3 Å². The second kappa shape index (κ2) is 9.76. The van der Waals surface area contributed by atoms with E-state index in [1.165, 1.54) is 5.56 Å². The molecule has 0 saturated heterocycles. The van der Waals surface area contributed by atoms with Crippen molar-refractivity contribution < 1.29 is 9.32 Å². The van der Waals surface area contributed by atoms with Gasteiger partial charge in [0.05, 0.1) is 18.2 Å². The number of carbonyl (C=O) groups excluding carboxylic acids is 1. The second-order valence-corrected chi connectivity index (χ2v) is 8.91. The van der Waals surface area contributed by atoms with Crippen LogP contribution in [0.2, 0.25) is 5.02 Å². The highest BCUT2D eigenvalue weighted by Gasteiger charge is 2.35. The average molecular weight is 485 g/mol. The van der Waals surface area contributed by atoms with Crippen LogP contribution in [0.5, 0.6) is 0 Å². The van der Waals surface area contributed by atoms with Gasteiger partial charge in [0.2, 0.25) is 5.82 Å². The molecule has 0 aliphatic carbocycles. The van der Waals surface area contributed by atoms with Gasteiger partial charge in [0, 0.05) is 16.3 Å². The normalized spacial score (nSPS) is 15.9. The van der Waals surface area contributed by atoms with Crippen molar-refractivity contribution in [3.63, 3.8) is 0 Å². The lowest BCUT2D eigenvalue weighted by Crippen LogP contribution is -2.45. The van der Waals surface area contributed by atoms with Gasteiger partial charge in [0.1, 0.15) is 0 Å². The second-order valence-electron chi connectivity index (χ2n) is 8.48. The third kappa shape index (κ3) is 4.70. The maximum atomic E-state index is 13.3. The molecule has 1 atom stereocenters. The Morgan fingerprint density at radius 2 is 1.66 bits per heavy atom. The summed E-state index contributed by atoms with van der Waals surface area (Å²) in [5, 5.41) is 7.99. The number of aromatic nitrogens is 2. The first kappa shape index (κ1) is 22.9. The Balaban J connectivity index is 1.56. The predicted octanol–water partition coefficient (Wildman–Crippen LogP) is 6.65. The summed E-state index contributed by atoms with van der Waals surface area (Å²) in [7, 11) is 0. The van der Waals surface area contributed by atoms with E-state index < -0.39 is 6.04 Å². The first-order chi connectivity index (χ1) is 17.0. The van der Waals surface area contributed by atoms with Crippen LogP contribution in [0.1, 0.15) is 42.5 Å². The van der Waals surface area contributed by atoms with Crippen LogP contribution in [0.15, 0.2) is 89.1 Å². The fourth-order valence-electron chi connectivity index (χ4n) is 4.26. The summed E-state index contributed by atoms with van der Waals surface area (Å²) >= 11 is 6.03. The first-order valence-electron chi connectivity index (χ1n) is 11.5. The minimum Gasteiger partial charge on any atom is -0.334 e. The fourth-order valence-corrected chi connectivity index (χ4v) is 4.38. The van der Waals surface area contributed by atoms with Crippen molar-refractivity contribution in [3.8, 4) is 11.4 Å². The largest absolute Gasteiger partial charge is 0.334 e. The summed E-state index contributed by atoms with van der Waals surface area (Å²) in [6.07, 6.45) is 0.972. The van der Waals surface area contributed by atoms with Crippen LogP contribution in [0.3, 0.4) is 0 Å². The highest BCUT2D eigenvalue weighted by Crippen LogP contribution is 2.37. The van der Waals surface area contributed by atoms with Crippen LogP contribution >= 0.6 is 11.6 Å². The molecule has 1 N–H and O–H groups in total. The number of nitrogens with one attached hydrogen (secondary N) is 1. The lowest BCUT2D eigenvalue weighted by atomic mass is 9.94. The van der Waals surface area contributed by atoms with E-state index in [0.29, 0.717) is 23.3 Å². The van der Waals surface area contributed by atoms with Gasteiger partial charge in [-0.25, -0.2) is 4.79 Å². The van der Waals surface area contributed by atoms with Crippen LogP contribution in [0, 0.1) is 0 Å². The monoisotopic (exact) mass is 484 g/mol. The molecule has 1 aliphatic heterocycles. The molecule has 0 fully saturated rings. The Morgan fingerprint density at radius 3 is 2.34 bits per heavy atom. The average Bonchev–Trinajstić information content (AvgIpc) is 3.37. The van der Waals surface area contributed by atoms with Gasteiger partial charge in [0.15, 0.2) is 0 Å². The zero-order valence-corrected chi connectivity index (χ0v) is 20.3. The van der Waals surface area contributed by atoms with Crippen LogP contribution in [0.4, 0.5) is 4.79 Å². The first-order valence-corrected chi connectivity index (χ1v) is 11.9.